The number of rotatable bonds is 1. The first-order valence-corrected chi connectivity index (χ1v) is 6.33. The molecule has 0 bridgehead atoms. The van der Waals surface area contributed by atoms with Crippen LogP contribution >= 0.6 is 34.8 Å². The van der Waals surface area contributed by atoms with Crippen molar-refractivity contribution < 1.29 is 13.2 Å². The molecule has 2 nitrogen and oxygen atoms in total. The molecule has 0 saturated carbocycles. The molecule has 1 aromatic rings. The summed E-state index contributed by atoms with van der Waals surface area (Å²) in [5.74, 6) is 0. The average Bonchev–Trinajstić information content (AvgIpc) is 2.27. The highest BCUT2D eigenvalue weighted by atomic mass is 35.5. The molecule has 0 saturated heterocycles. The molecule has 0 aromatic heterocycles. The highest BCUT2D eigenvalue weighted by Gasteiger charge is 2.35. The van der Waals surface area contributed by atoms with E-state index in [2.05, 4.69) is 5.32 Å². The normalized spacial score (nSPS) is 16.1. The third-order valence-electron chi connectivity index (χ3n) is 2.58. The summed E-state index contributed by atoms with van der Waals surface area (Å²) < 4.78 is 37.4. The number of nitrogens with zero attached hydrogens (tertiary/aromatic N) is 1. The summed E-state index contributed by atoms with van der Waals surface area (Å²) in [5, 5.41) is 3.25. The molecular formula is C11H8Cl3F3N2. The van der Waals surface area contributed by atoms with Gasteiger partial charge in [0.05, 0.1) is 22.4 Å². The summed E-state index contributed by atoms with van der Waals surface area (Å²) in [5.41, 5.74) is -0.303. The second kappa shape index (κ2) is 5.31. The lowest BCUT2D eigenvalue weighted by Gasteiger charge is -2.31. The van der Waals surface area contributed by atoms with Gasteiger partial charge in [-0.2, -0.15) is 13.2 Å². The van der Waals surface area contributed by atoms with Crippen LogP contribution in [0.5, 0.6) is 0 Å². The van der Waals surface area contributed by atoms with E-state index in [1.807, 2.05) is 0 Å². The van der Waals surface area contributed by atoms with Crippen molar-refractivity contribution in [1.29, 1.82) is 0 Å². The fourth-order valence-corrected chi connectivity index (χ4v) is 2.80. The van der Waals surface area contributed by atoms with Gasteiger partial charge in [0.25, 0.3) is 0 Å². The van der Waals surface area contributed by atoms with E-state index >= 15 is 0 Å². The zero-order valence-electron chi connectivity index (χ0n) is 9.36. The van der Waals surface area contributed by atoms with Gasteiger partial charge < -0.3 is 10.2 Å². The Labute approximate surface area is 122 Å². The fraction of sp³-hybridized carbons (Fsp3) is 0.273. The van der Waals surface area contributed by atoms with E-state index in [0.717, 1.165) is 6.08 Å². The Morgan fingerprint density at radius 2 is 1.68 bits per heavy atom. The largest absolute Gasteiger partial charge is 0.430 e. The maximum Gasteiger partial charge on any atom is 0.430 e. The van der Waals surface area contributed by atoms with E-state index in [0.29, 0.717) is 20.8 Å². The summed E-state index contributed by atoms with van der Waals surface area (Å²) in [7, 11) is 0. The third kappa shape index (κ3) is 3.22. The smallest absolute Gasteiger partial charge is 0.364 e. The Morgan fingerprint density at radius 1 is 1.11 bits per heavy atom. The molecule has 0 aliphatic carbocycles. The maximum absolute atomic E-state index is 12.5. The van der Waals surface area contributed by atoms with Gasteiger partial charge in [0, 0.05) is 11.6 Å². The third-order valence-corrected chi connectivity index (χ3v) is 3.37. The topological polar surface area (TPSA) is 15.3 Å². The van der Waals surface area contributed by atoms with Gasteiger partial charge in [-0.3, -0.25) is 0 Å². The summed E-state index contributed by atoms with van der Waals surface area (Å²) in [4.78, 5) is 1.59. The van der Waals surface area contributed by atoms with Crippen LogP contribution in [0.3, 0.4) is 0 Å². The molecule has 0 amide bonds. The first kappa shape index (κ1) is 14.6. The molecule has 1 heterocycles. The van der Waals surface area contributed by atoms with Crippen molar-refractivity contribution in [3.05, 3.63) is 39.0 Å². The quantitative estimate of drug-likeness (QED) is 0.817. The molecule has 0 radical (unpaired) electrons. The van der Waals surface area contributed by atoms with E-state index in [1.54, 1.807) is 4.90 Å². The SMILES string of the molecule is FC(F)(F)C1=CCN(c2c(Cl)cc(Cl)cc2Cl)CN1. The summed E-state index contributed by atoms with van der Waals surface area (Å²) >= 11 is 17.8. The Hall–Kier alpha value is -0.780. The number of alkyl halides is 3. The summed E-state index contributed by atoms with van der Waals surface area (Å²) in [6.07, 6.45) is -3.33. The number of nitrogens with one attached hydrogen (secondary N) is 1. The summed E-state index contributed by atoms with van der Waals surface area (Å²) in [6.45, 7) is 0.0231. The lowest BCUT2D eigenvalue weighted by atomic mass is 10.2. The predicted octanol–water partition coefficient (Wildman–Crippen LogP) is 4.46. The van der Waals surface area contributed by atoms with Crippen LogP contribution in [0.2, 0.25) is 15.1 Å². The van der Waals surface area contributed by atoms with Gasteiger partial charge in [-0.1, -0.05) is 34.8 Å². The molecule has 8 heteroatoms. The molecule has 0 spiro atoms. The molecular weight excluding hydrogens is 323 g/mol. The van der Waals surface area contributed by atoms with Gasteiger partial charge >= 0.3 is 6.18 Å². The van der Waals surface area contributed by atoms with Crippen LogP contribution < -0.4 is 10.2 Å². The van der Waals surface area contributed by atoms with Crippen LogP contribution in [0.15, 0.2) is 23.9 Å². The minimum absolute atomic E-state index is 0.0353. The number of hydrogen-bond donors (Lipinski definition) is 1. The zero-order chi connectivity index (χ0) is 14.2. The van der Waals surface area contributed by atoms with E-state index in [4.69, 9.17) is 34.8 Å². The molecule has 104 valence electrons. The number of hydrogen-bond acceptors (Lipinski definition) is 2. The predicted molar refractivity (Wildman–Crippen MR) is 71.0 cm³/mol. The molecule has 1 aliphatic rings. The van der Waals surface area contributed by atoms with Gasteiger partial charge in [-0.15, -0.1) is 0 Å². The van der Waals surface area contributed by atoms with Crippen molar-refractivity contribution in [3.63, 3.8) is 0 Å². The number of allylic oxidation sites excluding steroid dienone is 1. The van der Waals surface area contributed by atoms with E-state index in [1.165, 1.54) is 12.1 Å². The van der Waals surface area contributed by atoms with Crippen LogP contribution in [-0.2, 0) is 0 Å². The lowest BCUT2D eigenvalue weighted by Crippen LogP contribution is -2.42. The second-order valence-corrected chi connectivity index (χ2v) is 5.14. The molecule has 0 atom stereocenters. The lowest BCUT2D eigenvalue weighted by molar-refractivity contribution is -0.0974. The minimum atomic E-state index is -4.38. The maximum atomic E-state index is 12.5. The Kier molecular flexibility index (Phi) is 4.08. The van der Waals surface area contributed by atoms with Gasteiger partial charge in [-0.25, -0.2) is 0 Å². The first-order chi connectivity index (χ1) is 8.79. The number of benzene rings is 1. The van der Waals surface area contributed by atoms with E-state index < -0.39 is 11.9 Å². The van der Waals surface area contributed by atoms with Crippen LogP contribution in [0.1, 0.15) is 0 Å². The number of anilines is 1. The van der Waals surface area contributed by atoms with Crippen molar-refractivity contribution in [2.45, 2.75) is 6.18 Å². The molecule has 19 heavy (non-hydrogen) atoms. The fourth-order valence-electron chi connectivity index (χ4n) is 1.74. The van der Waals surface area contributed by atoms with Crippen LogP contribution in [0.4, 0.5) is 18.9 Å². The van der Waals surface area contributed by atoms with Crippen molar-refractivity contribution in [1.82, 2.24) is 5.32 Å². The Morgan fingerprint density at radius 3 is 2.11 bits per heavy atom. The van der Waals surface area contributed by atoms with Crippen molar-refractivity contribution in [2.75, 3.05) is 18.1 Å². The molecule has 1 aromatic carbocycles. The molecule has 0 fully saturated rings. The molecule has 2 rings (SSSR count). The Balaban J connectivity index is 2.26. The zero-order valence-corrected chi connectivity index (χ0v) is 11.6. The van der Waals surface area contributed by atoms with Gasteiger partial charge in [0.15, 0.2) is 0 Å². The van der Waals surface area contributed by atoms with Crippen molar-refractivity contribution >= 4 is 40.5 Å². The van der Waals surface area contributed by atoms with Gasteiger partial charge in [-0.05, 0) is 18.2 Å². The summed E-state index contributed by atoms with van der Waals surface area (Å²) in [6, 6.07) is 2.99. The molecule has 1 N–H and O–H groups in total. The second-order valence-electron chi connectivity index (χ2n) is 3.89. The minimum Gasteiger partial charge on any atom is -0.364 e. The van der Waals surface area contributed by atoms with E-state index in [9.17, 15) is 13.2 Å². The molecule has 0 unspecified atom stereocenters. The average molecular weight is 332 g/mol. The standard InChI is InChI=1S/C11H8Cl3F3N2/c12-6-3-7(13)10(8(14)4-6)19-2-1-9(18-5-19)11(15,16)17/h1,3-4,18H,2,5H2. The van der Waals surface area contributed by atoms with Crippen molar-refractivity contribution in [3.8, 4) is 0 Å². The van der Waals surface area contributed by atoms with Crippen LogP contribution in [-0.4, -0.2) is 19.4 Å². The Bertz CT molecular complexity index is 505. The van der Waals surface area contributed by atoms with Gasteiger partial charge in [0.1, 0.15) is 5.70 Å². The highest BCUT2D eigenvalue weighted by molar-refractivity contribution is 6.41. The number of halogens is 6. The van der Waals surface area contributed by atoms with Crippen molar-refractivity contribution in [2.24, 2.45) is 0 Å². The van der Waals surface area contributed by atoms with E-state index in [-0.39, 0.29) is 13.2 Å². The first-order valence-electron chi connectivity index (χ1n) is 5.20. The van der Waals surface area contributed by atoms with Crippen LogP contribution in [0.25, 0.3) is 0 Å². The van der Waals surface area contributed by atoms with Crippen LogP contribution in [0, 0.1) is 0 Å². The monoisotopic (exact) mass is 330 g/mol. The van der Waals surface area contributed by atoms with Gasteiger partial charge in [0.2, 0.25) is 0 Å². The highest BCUT2D eigenvalue weighted by Crippen LogP contribution is 2.37. The molecule has 1 aliphatic heterocycles.